The molecule has 0 aromatic carbocycles. The fourth-order valence-corrected chi connectivity index (χ4v) is 3.76. The average Bonchev–Trinajstić information content (AvgIpc) is 2.99. The smallest absolute Gasteiger partial charge is 0.310 e. The van der Waals surface area contributed by atoms with Crippen LogP contribution < -0.4 is 0 Å². The molecule has 0 spiro atoms. The average molecular weight is 324 g/mol. The van der Waals surface area contributed by atoms with Gasteiger partial charge in [-0.15, -0.1) is 0 Å². The number of hydrogen-bond acceptors (Lipinski definition) is 4. The van der Waals surface area contributed by atoms with Crippen molar-refractivity contribution >= 4 is 11.9 Å². The number of esters is 2. The van der Waals surface area contributed by atoms with Crippen LogP contribution in [-0.2, 0) is 19.1 Å². The second kappa shape index (κ2) is 8.16. The lowest BCUT2D eigenvalue weighted by Gasteiger charge is -2.31. The quantitative estimate of drug-likeness (QED) is 0.703. The van der Waals surface area contributed by atoms with Crippen LogP contribution in [0, 0.1) is 11.8 Å². The van der Waals surface area contributed by atoms with Gasteiger partial charge in [0.05, 0.1) is 12.3 Å². The van der Waals surface area contributed by atoms with Crippen molar-refractivity contribution in [3.8, 4) is 0 Å². The Labute approximate surface area is 140 Å². The predicted molar refractivity (Wildman–Crippen MR) is 88.9 cm³/mol. The minimum Gasteiger partial charge on any atom is -0.461 e. The van der Waals surface area contributed by atoms with Crippen molar-refractivity contribution in [1.82, 2.24) is 0 Å². The van der Waals surface area contributed by atoms with E-state index in [9.17, 15) is 9.59 Å². The zero-order chi connectivity index (χ0) is 16.9. The lowest BCUT2D eigenvalue weighted by atomic mass is 9.84. The molecule has 1 unspecified atom stereocenters. The van der Waals surface area contributed by atoms with Crippen molar-refractivity contribution in [3.63, 3.8) is 0 Å². The Balaban J connectivity index is 1.95. The van der Waals surface area contributed by atoms with E-state index in [1.165, 1.54) is 6.42 Å². The number of carbonyl (C=O) groups is 2. The second-order valence-corrected chi connectivity index (χ2v) is 8.15. The predicted octanol–water partition coefficient (Wildman–Crippen LogP) is 4.40. The lowest BCUT2D eigenvalue weighted by molar-refractivity contribution is -0.166. The van der Waals surface area contributed by atoms with Crippen molar-refractivity contribution in [2.24, 2.45) is 11.8 Å². The van der Waals surface area contributed by atoms with E-state index in [2.05, 4.69) is 0 Å². The molecule has 0 aromatic heterocycles. The van der Waals surface area contributed by atoms with Gasteiger partial charge in [0.1, 0.15) is 11.7 Å². The molecule has 0 radical (unpaired) electrons. The van der Waals surface area contributed by atoms with Gasteiger partial charge in [-0.25, -0.2) is 0 Å². The zero-order valence-electron chi connectivity index (χ0n) is 14.9. The molecule has 0 aromatic rings. The van der Waals surface area contributed by atoms with E-state index >= 15 is 0 Å². The third-order valence-corrected chi connectivity index (χ3v) is 4.92. The summed E-state index contributed by atoms with van der Waals surface area (Å²) in [6.07, 6.45) is 9.64. The molecular weight excluding hydrogens is 292 g/mol. The van der Waals surface area contributed by atoms with Crippen LogP contribution in [0.5, 0.6) is 0 Å². The first-order valence-corrected chi connectivity index (χ1v) is 9.27. The van der Waals surface area contributed by atoms with Crippen LogP contribution in [0.15, 0.2) is 0 Å². The highest BCUT2D eigenvalue weighted by Crippen LogP contribution is 2.32. The summed E-state index contributed by atoms with van der Waals surface area (Å²) in [4.78, 5) is 24.6. The molecule has 0 amide bonds. The molecule has 4 heteroatoms. The summed E-state index contributed by atoms with van der Waals surface area (Å²) in [5.41, 5.74) is -0.496. The topological polar surface area (TPSA) is 52.6 Å². The van der Waals surface area contributed by atoms with E-state index in [4.69, 9.17) is 9.47 Å². The zero-order valence-corrected chi connectivity index (χ0v) is 14.9. The lowest BCUT2D eigenvalue weighted by Crippen LogP contribution is -2.35. The van der Waals surface area contributed by atoms with Crippen LogP contribution in [0.1, 0.15) is 85.0 Å². The highest BCUT2D eigenvalue weighted by molar-refractivity contribution is 5.74. The maximum Gasteiger partial charge on any atom is 0.310 e. The van der Waals surface area contributed by atoms with Crippen LogP contribution in [0.4, 0.5) is 0 Å². The van der Waals surface area contributed by atoms with Gasteiger partial charge in [0.25, 0.3) is 0 Å². The molecule has 2 fully saturated rings. The summed E-state index contributed by atoms with van der Waals surface area (Å²) >= 11 is 0. The molecule has 0 aliphatic heterocycles. The monoisotopic (exact) mass is 324 g/mol. The van der Waals surface area contributed by atoms with Gasteiger partial charge < -0.3 is 9.47 Å². The highest BCUT2D eigenvalue weighted by Gasteiger charge is 2.33. The van der Waals surface area contributed by atoms with Gasteiger partial charge in [0.2, 0.25) is 0 Å². The summed E-state index contributed by atoms with van der Waals surface area (Å²) in [6, 6.07) is 0. The van der Waals surface area contributed by atoms with Crippen molar-refractivity contribution in [2.75, 3.05) is 0 Å². The summed E-state index contributed by atoms with van der Waals surface area (Å²) in [7, 11) is 0. The van der Waals surface area contributed by atoms with Crippen LogP contribution in [0.3, 0.4) is 0 Å². The largest absolute Gasteiger partial charge is 0.461 e. The Bertz CT molecular complexity index is 398. The minimum absolute atomic E-state index is 0.0414. The molecule has 2 rings (SSSR count). The first-order valence-electron chi connectivity index (χ1n) is 9.27. The fourth-order valence-electron chi connectivity index (χ4n) is 3.76. The summed E-state index contributed by atoms with van der Waals surface area (Å²) in [5.74, 6) is -0.00437. The first-order chi connectivity index (χ1) is 10.8. The van der Waals surface area contributed by atoms with Crippen LogP contribution in [-0.4, -0.2) is 23.6 Å². The Morgan fingerprint density at radius 2 is 1.52 bits per heavy atom. The molecule has 2 aliphatic carbocycles. The van der Waals surface area contributed by atoms with E-state index < -0.39 is 5.60 Å². The molecule has 0 N–H and O–H groups in total. The molecule has 4 nitrogen and oxygen atoms in total. The number of carbonyl (C=O) groups excluding carboxylic acids is 2. The Morgan fingerprint density at radius 3 is 2.09 bits per heavy atom. The minimum atomic E-state index is -0.496. The summed E-state index contributed by atoms with van der Waals surface area (Å²) < 4.78 is 11.3. The van der Waals surface area contributed by atoms with Gasteiger partial charge in [-0.1, -0.05) is 32.1 Å². The molecule has 0 heterocycles. The summed E-state index contributed by atoms with van der Waals surface area (Å²) in [6.45, 7) is 5.60. The molecule has 1 atom stereocenters. The van der Waals surface area contributed by atoms with E-state index in [0.717, 1.165) is 51.4 Å². The molecule has 132 valence electrons. The van der Waals surface area contributed by atoms with Crippen molar-refractivity contribution < 1.29 is 19.1 Å². The van der Waals surface area contributed by atoms with E-state index in [1.807, 2.05) is 20.8 Å². The fraction of sp³-hybridized carbons (Fsp3) is 0.895. The highest BCUT2D eigenvalue weighted by atomic mass is 16.6. The maximum absolute atomic E-state index is 12.4. The van der Waals surface area contributed by atoms with E-state index in [0.29, 0.717) is 5.92 Å². The number of hydrogen-bond donors (Lipinski definition) is 0. The Hall–Kier alpha value is -1.06. The van der Waals surface area contributed by atoms with Gasteiger partial charge in [-0.2, -0.15) is 0 Å². The Kier molecular flexibility index (Phi) is 6.49. The number of ether oxygens (including phenoxy) is 2. The third-order valence-electron chi connectivity index (χ3n) is 4.92. The third kappa shape index (κ3) is 6.15. The molecule has 23 heavy (non-hydrogen) atoms. The molecule has 2 aliphatic rings. The van der Waals surface area contributed by atoms with E-state index in [-0.39, 0.29) is 30.4 Å². The standard InChI is InChI=1S/C19H32O4/c1-19(2,3)23-17(20)13-16(14-9-5-4-6-10-14)22-18(21)15-11-7-8-12-15/h14-16H,4-13H2,1-3H3. The van der Waals surface area contributed by atoms with Gasteiger partial charge in [0, 0.05) is 0 Å². The van der Waals surface area contributed by atoms with Gasteiger partial charge >= 0.3 is 11.9 Å². The first kappa shape index (κ1) is 18.3. The van der Waals surface area contributed by atoms with Gasteiger partial charge in [-0.3, -0.25) is 9.59 Å². The SMILES string of the molecule is CC(C)(C)OC(=O)CC(OC(=O)C1CCCC1)C1CCCCC1. The van der Waals surface area contributed by atoms with Crippen LogP contribution in [0.2, 0.25) is 0 Å². The normalized spacial score (nSPS) is 21.9. The molecule has 0 saturated heterocycles. The van der Waals surface area contributed by atoms with Crippen molar-refractivity contribution in [3.05, 3.63) is 0 Å². The van der Waals surface area contributed by atoms with E-state index in [1.54, 1.807) is 0 Å². The number of rotatable bonds is 5. The van der Waals surface area contributed by atoms with Crippen molar-refractivity contribution in [1.29, 1.82) is 0 Å². The van der Waals surface area contributed by atoms with Crippen molar-refractivity contribution in [2.45, 2.75) is 96.7 Å². The van der Waals surface area contributed by atoms with Crippen LogP contribution >= 0.6 is 0 Å². The van der Waals surface area contributed by atoms with Gasteiger partial charge in [-0.05, 0) is 52.4 Å². The summed E-state index contributed by atoms with van der Waals surface area (Å²) in [5, 5.41) is 0. The molecule has 0 bridgehead atoms. The molecular formula is C19H32O4. The Morgan fingerprint density at radius 1 is 0.957 bits per heavy atom. The molecule has 2 saturated carbocycles. The van der Waals surface area contributed by atoms with Crippen LogP contribution in [0.25, 0.3) is 0 Å². The second-order valence-electron chi connectivity index (χ2n) is 8.15. The maximum atomic E-state index is 12.4. The van der Waals surface area contributed by atoms with Gasteiger partial charge in [0.15, 0.2) is 0 Å².